The van der Waals surface area contributed by atoms with Gasteiger partial charge in [0.2, 0.25) is 0 Å². The molecular formula is C10H6F10INO2S. The predicted molar refractivity (Wildman–Crippen MR) is 72.6 cm³/mol. The van der Waals surface area contributed by atoms with E-state index in [1.54, 1.807) is 0 Å². The fourth-order valence-corrected chi connectivity index (χ4v) is 4.72. The second-order valence-electron chi connectivity index (χ2n) is 4.85. The van der Waals surface area contributed by atoms with Gasteiger partial charge in [-0.3, -0.25) is 0 Å². The molecule has 1 unspecified atom stereocenters. The lowest BCUT2D eigenvalue weighted by molar-refractivity contribution is -0.348. The molecule has 0 aromatic heterocycles. The first-order valence-electron chi connectivity index (χ1n) is 5.74. The lowest BCUT2D eigenvalue weighted by Gasteiger charge is -2.44. The number of allylic oxidation sites excluding steroid dienone is 2. The molecular weight excluding hydrogens is 515 g/mol. The topological polar surface area (TPSA) is 60.2 Å². The molecule has 146 valence electrons. The zero-order valence-electron chi connectivity index (χ0n) is 11.3. The fourth-order valence-electron chi connectivity index (χ4n) is 2.17. The zero-order chi connectivity index (χ0) is 20.3. The quantitative estimate of drug-likeness (QED) is 0.441. The van der Waals surface area contributed by atoms with Gasteiger partial charge in [0.05, 0.1) is 0 Å². The molecule has 2 N–H and O–H groups in total. The van der Waals surface area contributed by atoms with Crippen LogP contribution in [0.15, 0.2) is 21.4 Å². The Morgan fingerprint density at radius 1 is 0.960 bits per heavy atom. The van der Waals surface area contributed by atoms with E-state index in [0.29, 0.717) is 0 Å². The van der Waals surface area contributed by atoms with E-state index < -0.39 is 59.9 Å². The third-order valence-corrected chi connectivity index (χ3v) is 6.48. The third-order valence-electron chi connectivity index (χ3n) is 3.41. The van der Waals surface area contributed by atoms with Crippen molar-refractivity contribution in [3.05, 3.63) is 21.4 Å². The third kappa shape index (κ3) is 2.99. The Morgan fingerprint density at radius 2 is 1.36 bits per heavy atom. The summed E-state index contributed by atoms with van der Waals surface area (Å²) >= 11 is 0.907. The van der Waals surface area contributed by atoms with Gasteiger partial charge in [-0.15, -0.1) is 0 Å². The zero-order valence-corrected chi connectivity index (χ0v) is 14.3. The van der Waals surface area contributed by atoms with Crippen LogP contribution < -0.4 is 5.73 Å². The predicted octanol–water partition coefficient (Wildman–Crippen LogP) is 4.06. The highest BCUT2D eigenvalue weighted by Gasteiger charge is 2.86. The molecule has 1 aliphatic carbocycles. The van der Waals surface area contributed by atoms with Gasteiger partial charge in [0, 0.05) is 9.28 Å². The smallest absolute Gasteiger partial charge is 0.398 e. The van der Waals surface area contributed by atoms with Crippen LogP contribution in [0.2, 0.25) is 0 Å². The molecule has 0 amide bonds. The summed E-state index contributed by atoms with van der Waals surface area (Å²) in [5.74, 6) is 0. The van der Waals surface area contributed by atoms with Crippen molar-refractivity contribution in [2.45, 2.75) is 34.7 Å². The van der Waals surface area contributed by atoms with Crippen molar-refractivity contribution in [2.75, 3.05) is 0 Å². The van der Waals surface area contributed by atoms with E-state index in [4.69, 9.17) is 5.73 Å². The van der Waals surface area contributed by atoms with Crippen LogP contribution in [0.3, 0.4) is 0 Å². The SMILES string of the molecule is NC1=CCC(C(F)(C(F)(F)F)C(F)(F)F)(S(=O)(=O)C(F)(F)F)C=C1I. The van der Waals surface area contributed by atoms with E-state index in [0.717, 1.165) is 22.6 Å². The number of sulfone groups is 1. The molecule has 0 radical (unpaired) electrons. The highest BCUT2D eigenvalue weighted by molar-refractivity contribution is 14.1. The molecule has 0 bridgehead atoms. The standard InChI is InChI=1S/C10H6F10INO2S/c11-7(8(12,13)14,9(15,16)17)6(25(23,24)10(18,19)20)2-1-5(22)4(21)3-6/h1,3H,2,22H2. The Morgan fingerprint density at radius 3 is 1.64 bits per heavy atom. The first-order valence-corrected chi connectivity index (χ1v) is 8.30. The average molecular weight is 521 g/mol. The van der Waals surface area contributed by atoms with Gasteiger partial charge in [0.25, 0.3) is 9.84 Å². The number of halogens is 11. The van der Waals surface area contributed by atoms with Crippen molar-refractivity contribution in [1.29, 1.82) is 0 Å². The Bertz CT molecular complexity index is 703. The summed E-state index contributed by atoms with van der Waals surface area (Å²) in [5, 5.41) is 0. The molecule has 0 saturated carbocycles. The van der Waals surface area contributed by atoms with E-state index in [1.165, 1.54) is 0 Å². The summed E-state index contributed by atoms with van der Waals surface area (Å²) in [7, 11) is -7.34. The second kappa shape index (κ2) is 5.88. The molecule has 1 aliphatic rings. The summed E-state index contributed by atoms with van der Waals surface area (Å²) < 4.78 is 148. The summed E-state index contributed by atoms with van der Waals surface area (Å²) in [4.78, 5) is 0. The van der Waals surface area contributed by atoms with E-state index in [2.05, 4.69) is 0 Å². The summed E-state index contributed by atoms with van der Waals surface area (Å²) in [5.41, 5.74) is -8.80. The molecule has 1 atom stereocenters. The van der Waals surface area contributed by atoms with Gasteiger partial charge in [0.1, 0.15) is 0 Å². The Labute approximate surface area is 147 Å². The molecule has 0 spiro atoms. The molecule has 0 fully saturated rings. The van der Waals surface area contributed by atoms with E-state index >= 15 is 0 Å². The van der Waals surface area contributed by atoms with E-state index in [-0.39, 0.29) is 6.08 Å². The number of hydrogen-bond acceptors (Lipinski definition) is 3. The van der Waals surface area contributed by atoms with E-state index in [1.807, 2.05) is 0 Å². The summed E-state index contributed by atoms with van der Waals surface area (Å²) in [6, 6.07) is 0. The van der Waals surface area contributed by atoms with Gasteiger partial charge >= 0.3 is 23.5 Å². The molecule has 0 aromatic rings. The van der Waals surface area contributed by atoms with Crippen molar-refractivity contribution >= 4 is 32.4 Å². The Balaban J connectivity index is 4.08. The molecule has 1 rings (SSSR count). The van der Waals surface area contributed by atoms with Gasteiger partial charge in [-0.1, -0.05) is 6.08 Å². The Kier molecular flexibility index (Phi) is 5.25. The number of alkyl halides is 10. The number of nitrogens with two attached hydrogens (primary N) is 1. The molecule has 0 aromatic carbocycles. The highest BCUT2D eigenvalue weighted by Crippen LogP contribution is 2.60. The average Bonchev–Trinajstić information content (AvgIpc) is 2.36. The maximum absolute atomic E-state index is 14.4. The highest BCUT2D eigenvalue weighted by atomic mass is 127. The fraction of sp³-hybridized carbons (Fsp3) is 0.600. The van der Waals surface area contributed by atoms with Gasteiger partial charge in [0.15, 0.2) is 4.75 Å². The van der Waals surface area contributed by atoms with Crippen molar-refractivity contribution in [3.63, 3.8) is 0 Å². The van der Waals surface area contributed by atoms with Crippen LogP contribution in [-0.4, -0.2) is 36.7 Å². The maximum atomic E-state index is 14.4. The van der Waals surface area contributed by atoms with Gasteiger partial charge in [-0.05, 0) is 35.1 Å². The minimum absolute atomic E-state index is 0.164. The van der Waals surface area contributed by atoms with Crippen LogP contribution in [0.5, 0.6) is 0 Å². The van der Waals surface area contributed by atoms with Crippen molar-refractivity contribution in [1.82, 2.24) is 0 Å². The summed E-state index contributed by atoms with van der Waals surface area (Å²) in [6.07, 6.45) is -16.6. The minimum atomic E-state index is -7.34. The monoisotopic (exact) mass is 521 g/mol. The normalized spacial score (nSPS) is 24.0. The Hall–Kier alpha value is -0.740. The molecule has 15 heteroatoms. The van der Waals surface area contributed by atoms with Crippen molar-refractivity contribution < 1.29 is 52.3 Å². The van der Waals surface area contributed by atoms with Crippen molar-refractivity contribution in [2.24, 2.45) is 5.73 Å². The molecule has 25 heavy (non-hydrogen) atoms. The molecule has 0 saturated heterocycles. The van der Waals surface area contributed by atoms with Gasteiger partial charge in [-0.25, -0.2) is 12.8 Å². The van der Waals surface area contributed by atoms with Crippen LogP contribution >= 0.6 is 22.6 Å². The van der Waals surface area contributed by atoms with Crippen molar-refractivity contribution in [3.8, 4) is 0 Å². The first kappa shape index (κ1) is 22.3. The molecule has 0 heterocycles. The number of hydrogen-bond donors (Lipinski definition) is 1. The van der Waals surface area contributed by atoms with E-state index in [9.17, 15) is 52.3 Å². The summed E-state index contributed by atoms with van der Waals surface area (Å²) in [6.45, 7) is 0. The lowest BCUT2D eigenvalue weighted by atomic mass is 9.81. The van der Waals surface area contributed by atoms with Crippen LogP contribution in [0.1, 0.15) is 6.42 Å². The molecule has 3 nitrogen and oxygen atoms in total. The van der Waals surface area contributed by atoms with Crippen LogP contribution in [0.4, 0.5) is 43.9 Å². The second-order valence-corrected chi connectivity index (χ2v) is 8.21. The van der Waals surface area contributed by atoms with Crippen LogP contribution in [-0.2, 0) is 9.84 Å². The van der Waals surface area contributed by atoms with Gasteiger partial charge < -0.3 is 5.73 Å². The lowest BCUT2D eigenvalue weighted by Crippen LogP contribution is -2.71. The minimum Gasteiger partial charge on any atom is -0.398 e. The molecule has 0 aliphatic heterocycles. The number of rotatable bonds is 2. The van der Waals surface area contributed by atoms with Crippen LogP contribution in [0.25, 0.3) is 0 Å². The largest absolute Gasteiger partial charge is 0.498 e. The van der Waals surface area contributed by atoms with Gasteiger partial charge in [-0.2, -0.15) is 39.5 Å². The maximum Gasteiger partial charge on any atom is 0.498 e. The first-order chi connectivity index (χ1) is 10.8. The van der Waals surface area contributed by atoms with Crippen LogP contribution in [0, 0.1) is 0 Å².